The molecule has 0 radical (unpaired) electrons. The zero-order valence-electron chi connectivity index (χ0n) is 13.6. The Balaban J connectivity index is 1.85. The van der Waals surface area contributed by atoms with Gasteiger partial charge in [0.05, 0.1) is 17.6 Å². The van der Waals surface area contributed by atoms with Crippen LogP contribution in [0.15, 0.2) is 11.6 Å². The van der Waals surface area contributed by atoms with Crippen LogP contribution >= 0.6 is 0 Å². The second-order valence-corrected chi connectivity index (χ2v) is 7.07. The minimum absolute atomic E-state index is 0.0496. The molecule has 5 nitrogen and oxygen atoms in total. The van der Waals surface area contributed by atoms with E-state index in [4.69, 9.17) is 14.2 Å². The topological polar surface area (TPSA) is 65.1 Å². The highest BCUT2D eigenvalue weighted by molar-refractivity contribution is 5.75. The van der Waals surface area contributed by atoms with Crippen molar-refractivity contribution in [1.29, 1.82) is 0 Å². The number of rotatable bonds is 1. The van der Waals surface area contributed by atoms with Gasteiger partial charge in [-0.1, -0.05) is 13.0 Å². The molecule has 5 heteroatoms. The van der Waals surface area contributed by atoms with E-state index < -0.39 is 0 Å². The van der Waals surface area contributed by atoms with Gasteiger partial charge in [-0.3, -0.25) is 9.59 Å². The fraction of sp³-hybridized carbons (Fsp3) is 0.765. The van der Waals surface area contributed by atoms with E-state index in [9.17, 15) is 9.59 Å². The highest BCUT2D eigenvalue weighted by Crippen LogP contribution is 2.48. The molecule has 2 fully saturated rings. The summed E-state index contributed by atoms with van der Waals surface area (Å²) >= 11 is 0. The third-order valence-corrected chi connectivity index (χ3v) is 5.36. The average Bonchev–Trinajstić information content (AvgIpc) is 2.97. The molecule has 2 heterocycles. The van der Waals surface area contributed by atoms with Crippen LogP contribution in [-0.2, 0) is 23.8 Å². The molecule has 3 aliphatic rings. The number of ether oxygens (including phenoxy) is 3. The van der Waals surface area contributed by atoms with Gasteiger partial charge < -0.3 is 14.2 Å². The van der Waals surface area contributed by atoms with Crippen LogP contribution < -0.4 is 0 Å². The van der Waals surface area contributed by atoms with E-state index in [0.29, 0.717) is 6.42 Å². The predicted molar refractivity (Wildman–Crippen MR) is 79.0 cm³/mol. The van der Waals surface area contributed by atoms with Gasteiger partial charge in [-0.05, 0) is 25.8 Å². The maximum absolute atomic E-state index is 11.9. The van der Waals surface area contributed by atoms with E-state index in [2.05, 4.69) is 13.0 Å². The molecule has 0 aromatic carbocycles. The van der Waals surface area contributed by atoms with Gasteiger partial charge in [0.15, 0.2) is 0 Å². The summed E-state index contributed by atoms with van der Waals surface area (Å²) < 4.78 is 16.9. The minimum Gasteiger partial charge on any atom is -0.462 e. The zero-order chi connectivity index (χ0) is 16.1. The van der Waals surface area contributed by atoms with Gasteiger partial charge in [0.1, 0.15) is 12.2 Å². The van der Waals surface area contributed by atoms with Crippen LogP contribution in [0.2, 0.25) is 0 Å². The quantitative estimate of drug-likeness (QED) is 0.423. The van der Waals surface area contributed by atoms with Crippen LogP contribution in [0.3, 0.4) is 0 Å². The van der Waals surface area contributed by atoms with Gasteiger partial charge in [-0.25, -0.2) is 0 Å². The van der Waals surface area contributed by atoms with E-state index in [-0.39, 0.29) is 47.7 Å². The Morgan fingerprint density at radius 2 is 2.18 bits per heavy atom. The lowest BCUT2D eigenvalue weighted by atomic mass is 9.81. The van der Waals surface area contributed by atoms with E-state index >= 15 is 0 Å². The molecule has 0 unspecified atom stereocenters. The Morgan fingerprint density at radius 1 is 1.45 bits per heavy atom. The molecular formula is C17H24O5. The van der Waals surface area contributed by atoms with Crippen molar-refractivity contribution in [2.75, 3.05) is 0 Å². The van der Waals surface area contributed by atoms with Gasteiger partial charge >= 0.3 is 11.9 Å². The van der Waals surface area contributed by atoms with Crippen LogP contribution in [0.25, 0.3) is 0 Å². The van der Waals surface area contributed by atoms with Gasteiger partial charge in [-0.2, -0.15) is 0 Å². The molecule has 0 N–H and O–H groups in total. The summed E-state index contributed by atoms with van der Waals surface area (Å²) in [5.74, 6) is -0.318. The van der Waals surface area contributed by atoms with Crippen molar-refractivity contribution in [2.45, 2.75) is 70.9 Å². The van der Waals surface area contributed by atoms with E-state index in [0.717, 1.165) is 18.4 Å². The number of hydrogen-bond acceptors (Lipinski definition) is 5. The van der Waals surface area contributed by atoms with Crippen LogP contribution in [0, 0.1) is 11.8 Å². The number of epoxide rings is 1. The summed E-state index contributed by atoms with van der Waals surface area (Å²) in [5.41, 5.74) is 0.753. The molecule has 6 atom stereocenters. The molecule has 2 saturated heterocycles. The third-order valence-electron chi connectivity index (χ3n) is 5.36. The van der Waals surface area contributed by atoms with Gasteiger partial charge in [0, 0.05) is 25.7 Å². The molecule has 2 aliphatic heterocycles. The second kappa shape index (κ2) is 5.37. The van der Waals surface area contributed by atoms with Crippen molar-refractivity contribution in [3.05, 3.63) is 11.6 Å². The zero-order valence-corrected chi connectivity index (χ0v) is 13.6. The Morgan fingerprint density at radius 3 is 2.86 bits per heavy atom. The number of esters is 2. The largest absolute Gasteiger partial charge is 0.462 e. The van der Waals surface area contributed by atoms with Crippen LogP contribution in [-0.4, -0.2) is 35.9 Å². The Bertz CT molecular complexity index is 525. The summed E-state index contributed by atoms with van der Waals surface area (Å²) in [6, 6.07) is 0. The van der Waals surface area contributed by atoms with Gasteiger partial charge in [0.25, 0.3) is 0 Å². The lowest BCUT2D eigenvalue weighted by Gasteiger charge is -2.24. The lowest BCUT2D eigenvalue weighted by Crippen LogP contribution is -2.29. The van der Waals surface area contributed by atoms with E-state index in [1.54, 1.807) is 0 Å². The number of fused-ring (bicyclic) bond motifs is 2. The summed E-state index contributed by atoms with van der Waals surface area (Å²) in [6.07, 6.45) is 3.98. The summed E-state index contributed by atoms with van der Waals surface area (Å²) in [5, 5.41) is 0. The van der Waals surface area contributed by atoms with Crippen LogP contribution in [0.1, 0.15) is 47.0 Å². The molecule has 1 aliphatic carbocycles. The smallest absolute Gasteiger partial charge is 0.309 e. The van der Waals surface area contributed by atoms with E-state index in [1.165, 1.54) is 6.92 Å². The molecule has 22 heavy (non-hydrogen) atoms. The van der Waals surface area contributed by atoms with Crippen molar-refractivity contribution in [3.63, 3.8) is 0 Å². The number of carbonyl (C=O) groups is 2. The average molecular weight is 308 g/mol. The normalized spacial score (nSPS) is 46.6. The summed E-state index contributed by atoms with van der Waals surface area (Å²) in [4.78, 5) is 23.2. The maximum atomic E-state index is 11.9. The highest BCUT2D eigenvalue weighted by Gasteiger charge is 2.57. The third kappa shape index (κ3) is 2.78. The van der Waals surface area contributed by atoms with Crippen molar-refractivity contribution in [1.82, 2.24) is 0 Å². The summed E-state index contributed by atoms with van der Waals surface area (Å²) in [7, 11) is 0. The van der Waals surface area contributed by atoms with Crippen molar-refractivity contribution >= 4 is 11.9 Å². The van der Waals surface area contributed by atoms with Crippen LogP contribution in [0.4, 0.5) is 0 Å². The molecule has 122 valence electrons. The summed E-state index contributed by atoms with van der Waals surface area (Å²) in [6.45, 7) is 7.39. The molecular weight excluding hydrogens is 284 g/mol. The van der Waals surface area contributed by atoms with Gasteiger partial charge in [0.2, 0.25) is 0 Å². The Hall–Kier alpha value is -1.36. The SMILES string of the molecule is CC(=O)O[C@H]1C[C@@H]2O[C@]2(C)C[C@H]2OC(=O)[C@H](C)[C@H]2C/C=C\1C. The molecule has 0 aromatic rings. The first-order valence-electron chi connectivity index (χ1n) is 8.02. The highest BCUT2D eigenvalue weighted by atomic mass is 16.6. The van der Waals surface area contributed by atoms with Crippen molar-refractivity contribution in [2.24, 2.45) is 11.8 Å². The van der Waals surface area contributed by atoms with Crippen molar-refractivity contribution < 1.29 is 23.8 Å². The predicted octanol–water partition coefficient (Wildman–Crippen LogP) is 2.38. The number of allylic oxidation sites excluding steroid dienone is 1. The molecule has 0 aromatic heterocycles. The number of carbonyl (C=O) groups excluding carboxylic acids is 2. The Kier molecular flexibility index (Phi) is 3.79. The first kappa shape index (κ1) is 15.5. The van der Waals surface area contributed by atoms with Gasteiger partial charge in [-0.15, -0.1) is 0 Å². The van der Waals surface area contributed by atoms with E-state index in [1.807, 2.05) is 13.8 Å². The Labute approximate surface area is 131 Å². The molecule has 0 bridgehead atoms. The monoisotopic (exact) mass is 308 g/mol. The standard InChI is InChI=1S/C17H24O5/c1-9-5-6-12-10(2)16(19)21-14(12)8-17(4)15(22-17)7-13(9)20-11(3)18/h5,10,12-15H,6-8H2,1-4H3/b9-5-/t10-,12-,13+,14-,15+,17-/m1/s1. The fourth-order valence-corrected chi connectivity index (χ4v) is 3.73. The molecule has 0 spiro atoms. The second-order valence-electron chi connectivity index (χ2n) is 7.07. The lowest BCUT2D eigenvalue weighted by molar-refractivity contribution is -0.145. The molecule has 0 saturated carbocycles. The molecule has 0 amide bonds. The minimum atomic E-state index is -0.275. The van der Waals surface area contributed by atoms with Crippen LogP contribution in [0.5, 0.6) is 0 Å². The van der Waals surface area contributed by atoms with Crippen molar-refractivity contribution in [3.8, 4) is 0 Å². The maximum Gasteiger partial charge on any atom is 0.309 e. The number of hydrogen-bond donors (Lipinski definition) is 0. The molecule has 3 rings (SSSR count). The first-order valence-corrected chi connectivity index (χ1v) is 8.02. The first-order chi connectivity index (χ1) is 10.3. The fourth-order valence-electron chi connectivity index (χ4n) is 3.73.